The van der Waals surface area contributed by atoms with Crippen molar-refractivity contribution in [2.75, 3.05) is 13.1 Å². The van der Waals surface area contributed by atoms with Gasteiger partial charge in [0.2, 0.25) is 0 Å². The van der Waals surface area contributed by atoms with Gasteiger partial charge in [-0.2, -0.15) is 13.2 Å². The molecule has 18 heavy (non-hydrogen) atoms. The lowest BCUT2D eigenvalue weighted by molar-refractivity contribution is -0.277. The van der Waals surface area contributed by atoms with Crippen LogP contribution in [0.25, 0.3) is 0 Å². The first kappa shape index (κ1) is 13.5. The van der Waals surface area contributed by atoms with Gasteiger partial charge < -0.3 is 15.3 Å². The van der Waals surface area contributed by atoms with Crippen molar-refractivity contribution in [1.82, 2.24) is 10.2 Å². The maximum atomic E-state index is 12.8. The quantitative estimate of drug-likeness (QED) is 0.758. The number of aliphatic hydroxyl groups is 1. The number of nitrogens with zero attached hydrogens (tertiary/aromatic N) is 1. The molecule has 0 aromatic heterocycles. The lowest BCUT2D eigenvalue weighted by Crippen LogP contribution is -2.61. The van der Waals surface area contributed by atoms with E-state index in [4.69, 9.17) is 0 Å². The van der Waals surface area contributed by atoms with Crippen molar-refractivity contribution in [3.63, 3.8) is 0 Å². The fourth-order valence-electron chi connectivity index (χ4n) is 2.66. The van der Waals surface area contributed by atoms with Crippen LogP contribution in [0.4, 0.5) is 18.0 Å². The molecule has 1 spiro atoms. The lowest BCUT2D eigenvalue weighted by Gasteiger charge is -2.45. The van der Waals surface area contributed by atoms with Gasteiger partial charge in [-0.05, 0) is 19.8 Å². The van der Waals surface area contributed by atoms with Crippen molar-refractivity contribution >= 4 is 6.03 Å². The van der Waals surface area contributed by atoms with E-state index in [0.29, 0.717) is 19.4 Å². The van der Waals surface area contributed by atoms with Gasteiger partial charge in [0, 0.05) is 31.5 Å². The Morgan fingerprint density at radius 1 is 1.39 bits per heavy atom. The molecular formula is C11H17F3N2O2. The predicted octanol–water partition coefficient (Wildman–Crippen LogP) is 1.64. The average Bonchev–Trinajstić information content (AvgIpc) is 2.96. The van der Waals surface area contributed by atoms with Crippen LogP contribution < -0.4 is 5.32 Å². The molecule has 1 heterocycles. The summed E-state index contributed by atoms with van der Waals surface area (Å²) in [6, 6.07) is -0.334. The summed E-state index contributed by atoms with van der Waals surface area (Å²) in [4.78, 5) is 13.2. The van der Waals surface area contributed by atoms with Crippen molar-refractivity contribution in [1.29, 1.82) is 0 Å². The van der Waals surface area contributed by atoms with Crippen molar-refractivity contribution in [3.8, 4) is 0 Å². The molecule has 0 radical (unpaired) electrons. The molecule has 104 valence electrons. The summed E-state index contributed by atoms with van der Waals surface area (Å²) in [5, 5.41) is 12.3. The zero-order valence-corrected chi connectivity index (χ0v) is 10.2. The molecule has 2 amide bonds. The van der Waals surface area contributed by atoms with Crippen LogP contribution in [0, 0.1) is 0 Å². The molecule has 1 aliphatic carbocycles. The second-order valence-electron chi connectivity index (χ2n) is 5.17. The van der Waals surface area contributed by atoms with E-state index in [1.54, 1.807) is 6.92 Å². The van der Waals surface area contributed by atoms with Gasteiger partial charge in [-0.3, -0.25) is 0 Å². The molecule has 0 bridgehead atoms. The Balaban J connectivity index is 2.13. The Labute approximate surface area is 103 Å². The molecule has 1 atom stereocenters. The Hall–Kier alpha value is -0.980. The molecule has 1 aliphatic heterocycles. The summed E-state index contributed by atoms with van der Waals surface area (Å²) in [5.41, 5.74) is -3.44. The molecule has 1 saturated carbocycles. The Bertz CT molecular complexity index is 355. The number of urea groups is 1. The van der Waals surface area contributed by atoms with Gasteiger partial charge in [0.25, 0.3) is 0 Å². The van der Waals surface area contributed by atoms with Gasteiger partial charge in [0.05, 0.1) is 0 Å². The van der Waals surface area contributed by atoms with Gasteiger partial charge in [-0.25, -0.2) is 4.79 Å². The number of likely N-dealkylation sites (tertiary alicyclic amines) is 1. The number of piperidine rings is 1. The van der Waals surface area contributed by atoms with Gasteiger partial charge >= 0.3 is 12.2 Å². The van der Waals surface area contributed by atoms with Crippen LogP contribution in [0.15, 0.2) is 0 Å². The fraction of sp³-hybridized carbons (Fsp3) is 0.909. The monoisotopic (exact) mass is 266 g/mol. The van der Waals surface area contributed by atoms with Gasteiger partial charge in [-0.1, -0.05) is 0 Å². The predicted molar refractivity (Wildman–Crippen MR) is 58.0 cm³/mol. The number of amides is 2. The maximum absolute atomic E-state index is 12.8. The number of rotatable bonds is 1. The third-order valence-corrected chi connectivity index (χ3v) is 3.87. The molecule has 1 saturated heterocycles. The molecule has 2 fully saturated rings. The van der Waals surface area contributed by atoms with Crippen LogP contribution in [0.3, 0.4) is 0 Å². The normalized spacial score (nSPS) is 30.4. The first-order chi connectivity index (χ1) is 8.24. The van der Waals surface area contributed by atoms with Gasteiger partial charge in [-0.15, -0.1) is 0 Å². The molecule has 1 unspecified atom stereocenters. The van der Waals surface area contributed by atoms with E-state index < -0.39 is 30.2 Å². The molecular weight excluding hydrogens is 249 g/mol. The van der Waals surface area contributed by atoms with Crippen molar-refractivity contribution in [3.05, 3.63) is 0 Å². The minimum Gasteiger partial charge on any atom is -0.380 e. The summed E-state index contributed by atoms with van der Waals surface area (Å²) >= 11 is 0. The number of hydrogen-bond donors (Lipinski definition) is 2. The lowest BCUT2D eigenvalue weighted by atomic mass is 9.84. The van der Waals surface area contributed by atoms with Crippen LogP contribution in [-0.4, -0.2) is 46.4 Å². The molecule has 2 aliphatic rings. The Kier molecular flexibility index (Phi) is 3.00. The van der Waals surface area contributed by atoms with Crippen molar-refractivity contribution in [2.45, 2.75) is 49.9 Å². The number of alkyl halides is 3. The average molecular weight is 266 g/mol. The van der Waals surface area contributed by atoms with Crippen LogP contribution >= 0.6 is 0 Å². The molecule has 2 rings (SSSR count). The fourth-order valence-corrected chi connectivity index (χ4v) is 2.66. The highest BCUT2D eigenvalue weighted by molar-refractivity contribution is 5.75. The minimum atomic E-state index is -4.63. The van der Waals surface area contributed by atoms with Crippen molar-refractivity contribution in [2.24, 2.45) is 0 Å². The summed E-state index contributed by atoms with van der Waals surface area (Å²) in [6.45, 7) is 2.14. The molecule has 2 N–H and O–H groups in total. The summed E-state index contributed by atoms with van der Waals surface area (Å²) < 4.78 is 38.4. The minimum absolute atomic E-state index is 0.0537. The highest BCUT2D eigenvalue weighted by Crippen LogP contribution is 2.54. The van der Waals surface area contributed by atoms with Crippen LogP contribution in [0.1, 0.15) is 32.6 Å². The molecule has 4 nitrogen and oxygen atoms in total. The van der Waals surface area contributed by atoms with E-state index in [9.17, 15) is 23.1 Å². The largest absolute Gasteiger partial charge is 0.417 e. The highest BCUT2D eigenvalue weighted by Gasteiger charge is 2.65. The first-order valence-electron chi connectivity index (χ1n) is 6.09. The summed E-state index contributed by atoms with van der Waals surface area (Å²) in [5.74, 6) is 0. The smallest absolute Gasteiger partial charge is 0.380 e. The number of halogens is 3. The van der Waals surface area contributed by atoms with Gasteiger partial charge in [0.15, 0.2) is 5.60 Å². The first-order valence-corrected chi connectivity index (χ1v) is 6.09. The zero-order valence-electron chi connectivity index (χ0n) is 10.2. The van der Waals surface area contributed by atoms with E-state index in [2.05, 4.69) is 5.32 Å². The number of carbonyl (C=O) groups is 1. The molecule has 7 heteroatoms. The second kappa shape index (κ2) is 4.01. The van der Waals surface area contributed by atoms with Crippen LogP contribution in [-0.2, 0) is 0 Å². The summed E-state index contributed by atoms with van der Waals surface area (Å²) in [6.07, 6.45) is -4.42. The number of hydrogen-bond acceptors (Lipinski definition) is 2. The van der Waals surface area contributed by atoms with E-state index in [0.717, 1.165) is 0 Å². The molecule has 0 aromatic carbocycles. The van der Waals surface area contributed by atoms with Crippen LogP contribution in [0.2, 0.25) is 0 Å². The number of carbonyl (C=O) groups excluding carboxylic acids is 1. The van der Waals surface area contributed by atoms with Gasteiger partial charge in [0.1, 0.15) is 0 Å². The maximum Gasteiger partial charge on any atom is 0.417 e. The van der Waals surface area contributed by atoms with E-state index >= 15 is 0 Å². The van der Waals surface area contributed by atoms with E-state index in [1.807, 2.05) is 0 Å². The third kappa shape index (κ3) is 2.04. The third-order valence-electron chi connectivity index (χ3n) is 3.87. The Morgan fingerprint density at radius 2 is 2.00 bits per heavy atom. The van der Waals surface area contributed by atoms with Crippen LogP contribution in [0.5, 0.6) is 0 Å². The standard InChI is InChI=1S/C11H17F3N2O2/c1-2-15-8(17)16-6-5-10(18,11(12,13)14)7-9(16)3-4-9/h18H,2-7H2,1H3,(H,15,17). The zero-order chi connectivity index (χ0) is 13.6. The molecule has 0 aromatic rings. The van der Waals surface area contributed by atoms with Crippen molar-refractivity contribution < 1.29 is 23.1 Å². The topological polar surface area (TPSA) is 52.6 Å². The van der Waals surface area contributed by atoms with E-state index in [1.165, 1.54) is 4.90 Å². The Morgan fingerprint density at radius 3 is 2.44 bits per heavy atom. The SMILES string of the molecule is CCNC(=O)N1CCC(O)(C(F)(F)F)CC12CC2. The summed E-state index contributed by atoms with van der Waals surface area (Å²) in [7, 11) is 0. The second-order valence-corrected chi connectivity index (χ2v) is 5.17. The number of nitrogens with one attached hydrogen (secondary N) is 1. The highest BCUT2D eigenvalue weighted by atomic mass is 19.4. The van der Waals surface area contributed by atoms with E-state index in [-0.39, 0.29) is 12.6 Å².